The molecular weight excluding hydrogens is 236 g/mol. The molecule has 0 saturated heterocycles. The molecule has 0 bridgehead atoms. The van der Waals surface area contributed by atoms with E-state index in [2.05, 4.69) is 6.07 Å². The third-order valence-electron chi connectivity index (χ3n) is 2.69. The Balaban J connectivity index is 3.86. The highest BCUT2D eigenvalue weighted by Crippen LogP contribution is 2.21. The van der Waals surface area contributed by atoms with Crippen LogP contribution in [0.25, 0.3) is 0 Å². The molecule has 100 valence electrons. The molecule has 0 aromatic rings. The average Bonchev–Trinajstić information content (AvgIpc) is 2.22. The molecule has 5 heteroatoms. The number of rotatable bonds is 8. The maximum atomic E-state index is 11.6. The van der Waals surface area contributed by atoms with Crippen molar-refractivity contribution < 1.29 is 8.42 Å². The molecule has 0 aliphatic heterocycles. The third kappa shape index (κ3) is 9.13. The van der Waals surface area contributed by atoms with E-state index in [1.54, 1.807) is 0 Å². The van der Waals surface area contributed by atoms with Gasteiger partial charge in [-0.3, -0.25) is 0 Å². The number of unbranched alkanes of at least 4 members (excludes halogenated alkanes) is 1. The van der Waals surface area contributed by atoms with Crippen molar-refractivity contribution in [3.63, 3.8) is 0 Å². The molecule has 2 N–H and O–H groups in total. The topological polar surface area (TPSA) is 84.0 Å². The van der Waals surface area contributed by atoms with Crippen LogP contribution in [0.4, 0.5) is 0 Å². The molecule has 17 heavy (non-hydrogen) atoms. The van der Waals surface area contributed by atoms with Gasteiger partial charge in [-0.25, -0.2) is 8.42 Å². The molecular formula is C12H24N2O2S. The van der Waals surface area contributed by atoms with E-state index < -0.39 is 9.84 Å². The van der Waals surface area contributed by atoms with Gasteiger partial charge < -0.3 is 5.73 Å². The SMILES string of the molecule is CC(N)CCS(=O)(=O)CCCCC(C)(C)C#N. The van der Waals surface area contributed by atoms with Crippen LogP contribution >= 0.6 is 0 Å². The molecule has 0 rings (SSSR count). The summed E-state index contributed by atoms with van der Waals surface area (Å²) >= 11 is 0. The smallest absolute Gasteiger partial charge is 0.150 e. The average molecular weight is 260 g/mol. The summed E-state index contributed by atoms with van der Waals surface area (Å²) in [6, 6.07) is 2.15. The second-order valence-electron chi connectivity index (χ2n) is 5.37. The van der Waals surface area contributed by atoms with Crippen LogP contribution in [0.15, 0.2) is 0 Å². The van der Waals surface area contributed by atoms with Gasteiger partial charge in [0.1, 0.15) is 9.84 Å². The first-order valence-electron chi connectivity index (χ1n) is 6.06. The highest BCUT2D eigenvalue weighted by molar-refractivity contribution is 7.91. The lowest BCUT2D eigenvalue weighted by Crippen LogP contribution is -2.21. The minimum absolute atomic E-state index is 0.0673. The Morgan fingerprint density at radius 2 is 1.88 bits per heavy atom. The number of hydrogen-bond acceptors (Lipinski definition) is 4. The van der Waals surface area contributed by atoms with E-state index in [9.17, 15) is 8.42 Å². The van der Waals surface area contributed by atoms with Gasteiger partial charge >= 0.3 is 0 Å². The van der Waals surface area contributed by atoms with E-state index in [4.69, 9.17) is 11.0 Å². The first kappa shape index (κ1) is 16.4. The van der Waals surface area contributed by atoms with Crippen LogP contribution in [0.2, 0.25) is 0 Å². The molecule has 0 fully saturated rings. The van der Waals surface area contributed by atoms with E-state index in [0.717, 1.165) is 12.8 Å². The van der Waals surface area contributed by atoms with E-state index in [1.165, 1.54) is 0 Å². The van der Waals surface area contributed by atoms with Crippen molar-refractivity contribution in [3.05, 3.63) is 0 Å². The van der Waals surface area contributed by atoms with Crippen molar-refractivity contribution in [3.8, 4) is 6.07 Å². The Kier molecular flexibility index (Phi) is 6.73. The molecule has 0 saturated carbocycles. The second-order valence-corrected chi connectivity index (χ2v) is 7.67. The van der Waals surface area contributed by atoms with Gasteiger partial charge in [-0.05, 0) is 40.0 Å². The Morgan fingerprint density at radius 3 is 2.35 bits per heavy atom. The van der Waals surface area contributed by atoms with E-state index >= 15 is 0 Å². The van der Waals surface area contributed by atoms with Gasteiger partial charge in [0.2, 0.25) is 0 Å². The number of nitriles is 1. The van der Waals surface area contributed by atoms with E-state index in [0.29, 0.717) is 12.8 Å². The van der Waals surface area contributed by atoms with Crippen molar-refractivity contribution in [2.45, 2.75) is 52.5 Å². The maximum Gasteiger partial charge on any atom is 0.150 e. The predicted molar refractivity (Wildman–Crippen MR) is 70.2 cm³/mol. The Bertz CT molecular complexity index is 353. The van der Waals surface area contributed by atoms with Gasteiger partial charge in [0.05, 0.1) is 23.0 Å². The number of hydrogen-bond donors (Lipinski definition) is 1. The van der Waals surface area contributed by atoms with Crippen LogP contribution in [-0.4, -0.2) is 26.0 Å². The number of nitrogens with zero attached hydrogens (tertiary/aromatic N) is 1. The second kappa shape index (κ2) is 6.97. The van der Waals surface area contributed by atoms with Crippen LogP contribution in [0.3, 0.4) is 0 Å². The monoisotopic (exact) mass is 260 g/mol. The molecule has 4 nitrogen and oxygen atoms in total. The van der Waals surface area contributed by atoms with Crippen molar-refractivity contribution >= 4 is 9.84 Å². The van der Waals surface area contributed by atoms with E-state index in [1.807, 2.05) is 20.8 Å². The lowest BCUT2D eigenvalue weighted by atomic mass is 9.89. The molecule has 0 spiro atoms. The Morgan fingerprint density at radius 1 is 1.29 bits per heavy atom. The van der Waals surface area contributed by atoms with Crippen LogP contribution in [0.1, 0.15) is 46.5 Å². The fourth-order valence-corrected chi connectivity index (χ4v) is 2.99. The number of sulfone groups is 1. The normalized spacial score (nSPS) is 14.3. The maximum absolute atomic E-state index is 11.6. The zero-order valence-corrected chi connectivity index (χ0v) is 11.9. The third-order valence-corrected chi connectivity index (χ3v) is 4.46. The Labute approximate surface area is 105 Å². The molecule has 0 aromatic carbocycles. The van der Waals surface area contributed by atoms with Gasteiger partial charge in [0.25, 0.3) is 0 Å². The largest absolute Gasteiger partial charge is 0.328 e. The minimum atomic E-state index is -2.96. The summed E-state index contributed by atoms with van der Waals surface area (Å²) in [6.45, 7) is 5.56. The Hall–Kier alpha value is -0.600. The lowest BCUT2D eigenvalue weighted by molar-refractivity contribution is 0.431. The molecule has 0 radical (unpaired) electrons. The highest BCUT2D eigenvalue weighted by atomic mass is 32.2. The summed E-state index contributed by atoms with van der Waals surface area (Å²) in [4.78, 5) is 0. The van der Waals surface area contributed by atoms with Gasteiger partial charge in [0.15, 0.2) is 0 Å². The molecule has 0 amide bonds. The summed E-state index contributed by atoms with van der Waals surface area (Å²) in [7, 11) is -2.96. The lowest BCUT2D eigenvalue weighted by Gasteiger charge is -2.14. The van der Waals surface area contributed by atoms with Crippen molar-refractivity contribution in [2.24, 2.45) is 11.1 Å². The summed E-state index contributed by atoms with van der Waals surface area (Å²) in [5.74, 6) is 0.382. The van der Waals surface area contributed by atoms with E-state index in [-0.39, 0.29) is 23.0 Å². The van der Waals surface area contributed by atoms with Crippen molar-refractivity contribution in [1.82, 2.24) is 0 Å². The summed E-state index contributed by atoms with van der Waals surface area (Å²) in [5, 5.41) is 8.82. The molecule has 0 heterocycles. The predicted octanol–water partition coefficient (Wildman–Crippen LogP) is 1.86. The quantitative estimate of drug-likeness (QED) is 0.675. The van der Waals surface area contributed by atoms with Gasteiger partial charge in [0, 0.05) is 6.04 Å². The highest BCUT2D eigenvalue weighted by Gasteiger charge is 2.17. The standard InChI is InChI=1S/C12H24N2O2S/c1-11(14)6-9-17(15,16)8-5-4-7-12(2,3)10-13/h11H,4-9,14H2,1-3H3. The fourth-order valence-electron chi connectivity index (χ4n) is 1.41. The fraction of sp³-hybridized carbons (Fsp3) is 0.917. The summed E-state index contributed by atoms with van der Waals surface area (Å²) in [5.41, 5.74) is 5.18. The zero-order chi connectivity index (χ0) is 13.5. The van der Waals surface area contributed by atoms with Gasteiger partial charge in [-0.15, -0.1) is 0 Å². The summed E-state index contributed by atoms with van der Waals surface area (Å²) < 4.78 is 23.2. The minimum Gasteiger partial charge on any atom is -0.328 e. The van der Waals surface area contributed by atoms with Crippen LogP contribution in [0, 0.1) is 16.7 Å². The number of nitrogens with two attached hydrogens (primary N) is 1. The first-order valence-corrected chi connectivity index (χ1v) is 7.88. The van der Waals surface area contributed by atoms with Crippen LogP contribution in [0.5, 0.6) is 0 Å². The summed E-state index contributed by atoms with van der Waals surface area (Å²) in [6.07, 6.45) is 2.67. The van der Waals surface area contributed by atoms with Crippen LogP contribution < -0.4 is 5.73 Å². The molecule has 1 unspecified atom stereocenters. The molecule has 0 aliphatic carbocycles. The molecule has 1 atom stereocenters. The molecule has 0 aromatic heterocycles. The molecule has 0 aliphatic rings. The first-order chi connectivity index (χ1) is 7.68. The van der Waals surface area contributed by atoms with Gasteiger partial charge in [-0.1, -0.05) is 6.42 Å². The van der Waals surface area contributed by atoms with Crippen LogP contribution in [-0.2, 0) is 9.84 Å². The van der Waals surface area contributed by atoms with Gasteiger partial charge in [-0.2, -0.15) is 5.26 Å². The zero-order valence-electron chi connectivity index (χ0n) is 11.1. The van der Waals surface area contributed by atoms with Crippen molar-refractivity contribution in [1.29, 1.82) is 5.26 Å². The van der Waals surface area contributed by atoms with Crippen molar-refractivity contribution in [2.75, 3.05) is 11.5 Å².